The summed E-state index contributed by atoms with van der Waals surface area (Å²) in [6, 6.07) is 0. The van der Waals surface area contributed by atoms with E-state index < -0.39 is 0 Å². The summed E-state index contributed by atoms with van der Waals surface area (Å²) in [7, 11) is 0. The third kappa shape index (κ3) is 2.68. The molecule has 0 radical (unpaired) electrons. The van der Waals surface area contributed by atoms with Gasteiger partial charge in [0.25, 0.3) is 0 Å². The minimum atomic E-state index is 0.699. The maximum absolute atomic E-state index is 2.36. The standard InChI is InChI=1S/C11H14S2/c1-2-4-7-10(6-3-1)11-12-8-5-9-13-11/h1-3,6-7,11H,4-5,8-9H2. The van der Waals surface area contributed by atoms with Crippen LogP contribution in [0.15, 0.2) is 36.0 Å². The summed E-state index contributed by atoms with van der Waals surface area (Å²) in [5, 5.41) is 0. The van der Waals surface area contributed by atoms with Gasteiger partial charge in [0.05, 0.1) is 4.58 Å². The van der Waals surface area contributed by atoms with Crippen LogP contribution in [0.2, 0.25) is 0 Å². The van der Waals surface area contributed by atoms with Crippen LogP contribution in [-0.2, 0) is 0 Å². The average Bonchev–Trinajstić information content (AvgIpc) is 2.47. The van der Waals surface area contributed by atoms with E-state index in [9.17, 15) is 0 Å². The van der Waals surface area contributed by atoms with E-state index in [0.29, 0.717) is 4.58 Å². The molecule has 0 unspecified atom stereocenters. The SMILES string of the molecule is C1=CCC=C(C2SCCCS2)C=C1. The predicted molar refractivity (Wildman–Crippen MR) is 64.3 cm³/mol. The minimum absolute atomic E-state index is 0.699. The number of hydrogen-bond donors (Lipinski definition) is 0. The van der Waals surface area contributed by atoms with Gasteiger partial charge in [0.2, 0.25) is 0 Å². The molecule has 0 bridgehead atoms. The molecule has 1 fully saturated rings. The summed E-state index contributed by atoms with van der Waals surface area (Å²) < 4.78 is 0.699. The number of rotatable bonds is 1. The molecule has 2 heteroatoms. The van der Waals surface area contributed by atoms with Crippen LogP contribution in [0.25, 0.3) is 0 Å². The van der Waals surface area contributed by atoms with E-state index >= 15 is 0 Å². The average molecular weight is 210 g/mol. The molecule has 0 saturated carbocycles. The van der Waals surface area contributed by atoms with Gasteiger partial charge in [-0.05, 0) is 29.9 Å². The molecule has 0 nitrogen and oxygen atoms in total. The Morgan fingerprint density at radius 2 is 2.00 bits per heavy atom. The van der Waals surface area contributed by atoms with Crippen LogP contribution in [-0.4, -0.2) is 16.1 Å². The molecular weight excluding hydrogens is 196 g/mol. The van der Waals surface area contributed by atoms with Crippen LogP contribution < -0.4 is 0 Å². The highest BCUT2D eigenvalue weighted by Gasteiger charge is 2.16. The Bertz CT molecular complexity index is 245. The normalized spacial score (nSPS) is 24.2. The van der Waals surface area contributed by atoms with Crippen LogP contribution in [0.3, 0.4) is 0 Å². The molecule has 0 amide bonds. The summed E-state index contributed by atoms with van der Waals surface area (Å²) in [5.74, 6) is 2.66. The maximum Gasteiger partial charge on any atom is 0.0748 e. The second-order valence-corrected chi connectivity index (χ2v) is 5.88. The second-order valence-electron chi connectivity index (χ2n) is 3.15. The van der Waals surface area contributed by atoms with Crippen LogP contribution in [0.5, 0.6) is 0 Å². The lowest BCUT2D eigenvalue weighted by Crippen LogP contribution is -2.08. The van der Waals surface area contributed by atoms with E-state index in [0.717, 1.165) is 6.42 Å². The summed E-state index contributed by atoms with van der Waals surface area (Å²) in [5.41, 5.74) is 1.51. The molecule has 70 valence electrons. The smallest absolute Gasteiger partial charge is 0.0748 e. The molecule has 0 aromatic carbocycles. The first-order chi connectivity index (χ1) is 6.47. The molecule has 13 heavy (non-hydrogen) atoms. The summed E-state index contributed by atoms with van der Waals surface area (Å²) in [6.45, 7) is 0. The number of thioether (sulfide) groups is 2. The van der Waals surface area contributed by atoms with Gasteiger partial charge in [-0.15, -0.1) is 23.5 Å². The highest BCUT2D eigenvalue weighted by Crippen LogP contribution is 2.36. The molecule has 0 aromatic heterocycles. The van der Waals surface area contributed by atoms with Crippen molar-refractivity contribution in [3.63, 3.8) is 0 Å². The zero-order valence-corrected chi connectivity index (χ0v) is 9.24. The van der Waals surface area contributed by atoms with Crippen molar-refractivity contribution in [2.75, 3.05) is 11.5 Å². The molecule has 1 saturated heterocycles. The highest BCUT2D eigenvalue weighted by molar-refractivity contribution is 8.17. The molecule has 0 aromatic rings. The van der Waals surface area contributed by atoms with Gasteiger partial charge in [0.1, 0.15) is 0 Å². The van der Waals surface area contributed by atoms with Crippen molar-refractivity contribution in [3.8, 4) is 0 Å². The lowest BCUT2D eigenvalue weighted by Gasteiger charge is -2.21. The quantitative estimate of drug-likeness (QED) is 0.648. The Balaban J connectivity index is 2.02. The molecule has 0 atom stereocenters. The van der Waals surface area contributed by atoms with Gasteiger partial charge in [-0.1, -0.05) is 30.4 Å². The fourth-order valence-electron chi connectivity index (χ4n) is 1.45. The molecule has 1 heterocycles. The Morgan fingerprint density at radius 1 is 1.15 bits per heavy atom. The molecule has 2 aliphatic rings. The highest BCUT2D eigenvalue weighted by atomic mass is 32.2. The van der Waals surface area contributed by atoms with E-state index in [2.05, 4.69) is 53.9 Å². The van der Waals surface area contributed by atoms with Crippen molar-refractivity contribution in [1.82, 2.24) is 0 Å². The van der Waals surface area contributed by atoms with Gasteiger partial charge in [0, 0.05) is 0 Å². The van der Waals surface area contributed by atoms with E-state index in [4.69, 9.17) is 0 Å². The van der Waals surface area contributed by atoms with E-state index in [1.165, 1.54) is 23.5 Å². The second kappa shape index (κ2) is 4.97. The van der Waals surface area contributed by atoms with Crippen molar-refractivity contribution in [2.24, 2.45) is 0 Å². The fourth-order valence-corrected chi connectivity index (χ4v) is 4.38. The first kappa shape index (κ1) is 9.47. The van der Waals surface area contributed by atoms with Crippen LogP contribution in [0.4, 0.5) is 0 Å². The molecule has 0 spiro atoms. The van der Waals surface area contributed by atoms with Gasteiger partial charge in [-0.2, -0.15) is 0 Å². The molecule has 0 N–H and O–H groups in total. The van der Waals surface area contributed by atoms with Crippen LogP contribution in [0, 0.1) is 0 Å². The first-order valence-corrected chi connectivity index (χ1v) is 6.83. The third-order valence-electron chi connectivity index (χ3n) is 2.12. The van der Waals surface area contributed by atoms with Crippen molar-refractivity contribution in [2.45, 2.75) is 17.4 Å². The lowest BCUT2D eigenvalue weighted by molar-refractivity contribution is 1.10. The number of allylic oxidation sites excluding steroid dienone is 5. The Morgan fingerprint density at radius 3 is 2.85 bits per heavy atom. The summed E-state index contributed by atoms with van der Waals surface area (Å²) in [4.78, 5) is 0. The van der Waals surface area contributed by atoms with E-state index in [-0.39, 0.29) is 0 Å². The summed E-state index contributed by atoms with van der Waals surface area (Å²) >= 11 is 4.19. The number of hydrogen-bond acceptors (Lipinski definition) is 2. The molecule has 1 aliphatic carbocycles. The van der Waals surface area contributed by atoms with E-state index in [1.807, 2.05) is 0 Å². The van der Waals surface area contributed by atoms with E-state index in [1.54, 1.807) is 0 Å². The Hall–Kier alpha value is -0.0800. The maximum atomic E-state index is 2.36. The van der Waals surface area contributed by atoms with Crippen LogP contribution >= 0.6 is 23.5 Å². The largest absolute Gasteiger partial charge is 0.143 e. The predicted octanol–water partition coefficient (Wildman–Crippen LogP) is 3.63. The topological polar surface area (TPSA) is 0 Å². The molecular formula is C11H14S2. The Kier molecular flexibility index (Phi) is 3.62. The lowest BCUT2D eigenvalue weighted by atomic mass is 10.2. The molecule has 1 aliphatic heterocycles. The monoisotopic (exact) mass is 210 g/mol. The van der Waals surface area contributed by atoms with Gasteiger partial charge in [-0.25, -0.2) is 0 Å². The third-order valence-corrected chi connectivity index (χ3v) is 5.14. The van der Waals surface area contributed by atoms with Gasteiger partial charge in [0.15, 0.2) is 0 Å². The van der Waals surface area contributed by atoms with Crippen molar-refractivity contribution < 1.29 is 0 Å². The van der Waals surface area contributed by atoms with Crippen molar-refractivity contribution in [3.05, 3.63) is 36.0 Å². The fraction of sp³-hybridized carbons (Fsp3) is 0.455. The summed E-state index contributed by atoms with van der Waals surface area (Å²) in [6.07, 6.45) is 13.6. The zero-order valence-electron chi connectivity index (χ0n) is 7.61. The minimum Gasteiger partial charge on any atom is -0.143 e. The van der Waals surface area contributed by atoms with Crippen LogP contribution in [0.1, 0.15) is 12.8 Å². The molecule has 2 rings (SSSR count). The first-order valence-electron chi connectivity index (χ1n) is 4.73. The van der Waals surface area contributed by atoms with Gasteiger partial charge in [-0.3, -0.25) is 0 Å². The van der Waals surface area contributed by atoms with Crippen molar-refractivity contribution >= 4 is 23.5 Å². The van der Waals surface area contributed by atoms with Gasteiger partial charge >= 0.3 is 0 Å². The Labute approximate surface area is 88.6 Å². The van der Waals surface area contributed by atoms with Gasteiger partial charge < -0.3 is 0 Å². The van der Waals surface area contributed by atoms with Crippen molar-refractivity contribution in [1.29, 1.82) is 0 Å². The zero-order chi connectivity index (χ0) is 8.93.